The molecule has 1 amide bonds. The van der Waals surface area contributed by atoms with Crippen LogP contribution in [-0.2, 0) is 34.1 Å². The van der Waals surface area contributed by atoms with Gasteiger partial charge in [-0.3, -0.25) is 0 Å². The van der Waals surface area contributed by atoms with Crippen molar-refractivity contribution in [3.63, 3.8) is 0 Å². The van der Waals surface area contributed by atoms with Gasteiger partial charge in [0.15, 0.2) is 17.5 Å². The van der Waals surface area contributed by atoms with Crippen molar-refractivity contribution in [2.75, 3.05) is 7.11 Å². The Bertz CT molecular complexity index is 1360. The summed E-state index contributed by atoms with van der Waals surface area (Å²) in [5.41, 5.74) is 3.01. The van der Waals surface area contributed by atoms with Gasteiger partial charge in [-0.25, -0.2) is 9.59 Å². The molecule has 1 unspecified atom stereocenters. The lowest BCUT2D eigenvalue weighted by Crippen LogP contribution is -2.45. The summed E-state index contributed by atoms with van der Waals surface area (Å²) in [4.78, 5) is 25.0. The van der Waals surface area contributed by atoms with Gasteiger partial charge in [-0.15, -0.1) is 0 Å². The Balaban J connectivity index is 1.51. The van der Waals surface area contributed by atoms with Crippen LogP contribution in [0.2, 0.25) is 0 Å². The number of aliphatic hydroxyl groups is 1. The molecule has 4 rings (SSSR count). The van der Waals surface area contributed by atoms with E-state index in [2.05, 4.69) is 5.32 Å². The van der Waals surface area contributed by atoms with Gasteiger partial charge in [0.25, 0.3) is 0 Å². The number of aliphatic hydroxyl groups excluding tert-OH is 1. The van der Waals surface area contributed by atoms with Gasteiger partial charge < -0.3 is 29.4 Å². The minimum Gasteiger partial charge on any atom is -0.485 e. The van der Waals surface area contributed by atoms with E-state index in [0.29, 0.717) is 23.7 Å². The number of amides is 1. The normalized spacial score (nSPS) is 12.1. The van der Waals surface area contributed by atoms with Crippen molar-refractivity contribution in [1.82, 2.24) is 5.32 Å². The molecule has 4 aromatic carbocycles. The number of carbonyl (C=O) groups excluding carboxylic acids is 2. The van der Waals surface area contributed by atoms with Crippen molar-refractivity contribution in [1.29, 1.82) is 0 Å². The fraction of sp³-hybridized carbons (Fsp3) is 0.188. The zero-order valence-corrected chi connectivity index (χ0v) is 22.1. The lowest BCUT2D eigenvalue weighted by molar-refractivity contribution is -0.146. The van der Waals surface area contributed by atoms with Gasteiger partial charge in [0.1, 0.15) is 25.9 Å². The Kier molecular flexibility index (Phi) is 10.1. The average molecular weight is 542 g/mol. The van der Waals surface area contributed by atoms with Crippen molar-refractivity contribution in [3.05, 3.63) is 131 Å². The maximum absolute atomic E-state index is 12.6. The van der Waals surface area contributed by atoms with E-state index in [4.69, 9.17) is 18.9 Å². The van der Waals surface area contributed by atoms with Gasteiger partial charge in [0.05, 0.1) is 7.11 Å². The van der Waals surface area contributed by atoms with E-state index in [1.807, 2.05) is 78.9 Å². The van der Waals surface area contributed by atoms with E-state index in [9.17, 15) is 14.7 Å². The molecule has 0 heterocycles. The number of alkyl carbamates (subject to hydrolysis) is 1. The smallest absolute Gasteiger partial charge is 0.408 e. The molecule has 8 nitrogen and oxygen atoms in total. The molecule has 0 aliphatic carbocycles. The highest BCUT2D eigenvalue weighted by atomic mass is 16.6. The largest absolute Gasteiger partial charge is 0.485 e. The van der Waals surface area contributed by atoms with Crippen molar-refractivity contribution in [2.24, 2.45) is 0 Å². The molecule has 0 spiro atoms. The molecule has 2 N–H and O–H groups in total. The van der Waals surface area contributed by atoms with Gasteiger partial charge in [-0.05, 0) is 34.4 Å². The summed E-state index contributed by atoms with van der Waals surface area (Å²) in [5, 5.41) is 13.6. The molecule has 8 heteroatoms. The fourth-order valence-electron chi connectivity index (χ4n) is 3.89. The minimum atomic E-state index is -1.46. The molecule has 206 valence electrons. The number of methoxy groups -OCH3 is 1. The molecule has 0 aromatic heterocycles. The molecular weight excluding hydrogens is 510 g/mol. The summed E-state index contributed by atoms with van der Waals surface area (Å²) < 4.78 is 22.2. The zero-order chi connectivity index (χ0) is 28.2. The average Bonchev–Trinajstić information content (AvgIpc) is 3.01. The Morgan fingerprint density at radius 3 is 1.73 bits per heavy atom. The number of benzene rings is 4. The highest BCUT2D eigenvalue weighted by molar-refractivity contribution is 5.82. The van der Waals surface area contributed by atoms with Gasteiger partial charge in [-0.2, -0.15) is 0 Å². The first-order valence-electron chi connectivity index (χ1n) is 12.7. The zero-order valence-electron chi connectivity index (χ0n) is 22.1. The summed E-state index contributed by atoms with van der Waals surface area (Å²) in [7, 11) is 1.17. The Morgan fingerprint density at radius 2 is 1.20 bits per heavy atom. The van der Waals surface area contributed by atoms with Gasteiger partial charge in [0.2, 0.25) is 0 Å². The third-order valence-corrected chi connectivity index (χ3v) is 6.04. The second-order valence-corrected chi connectivity index (χ2v) is 8.91. The van der Waals surface area contributed by atoms with Crippen molar-refractivity contribution in [3.8, 4) is 11.5 Å². The minimum absolute atomic E-state index is 0.00157. The molecule has 40 heavy (non-hydrogen) atoms. The van der Waals surface area contributed by atoms with Crippen LogP contribution in [0.5, 0.6) is 11.5 Å². The number of nitrogens with one attached hydrogen (secondary N) is 1. The van der Waals surface area contributed by atoms with Crippen LogP contribution in [0.3, 0.4) is 0 Å². The fourth-order valence-corrected chi connectivity index (χ4v) is 3.89. The molecule has 0 bridgehead atoms. The van der Waals surface area contributed by atoms with Crippen LogP contribution in [0.1, 0.15) is 28.4 Å². The highest BCUT2D eigenvalue weighted by Gasteiger charge is 2.32. The van der Waals surface area contributed by atoms with Gasteiger partial charge in [0, 0.05) is 0 Å². The van der Waals surface area contributed by atoms with E-state index < -0.39 is 24.2 Å². The van der Waals surface area contributed by atoms with E-state index >= 15 is 0 Å². The van der Waals surface area contributed by atoms with E-state index in [0.717, 1.165) is 16.7 Å². The first-order chi connectivity index (χ1) is 19.5. The molecule has 4 aromatic rings. The summed E-state index contributed by atoms with van der Waals surface area (Å²) in [6, 6.07) is 31.8. The summed E-state index contributed by atoms with van der Waals surface area (Å²) in [6.07, 6.45) is -2.33. The molecule has 0 fully saturated rings. The van der Waals surface area contributed by atoms with Crippen LogP contribution in [0.4, 0.5) is 4.79 Å². The predicted octanol–water partition coefficient (Wildman–Crippen LogP) is 5.35. The number of esters is 1. The van der Waals surface area contributed by atoms with E-state index in [1.54, 1.807) is 30.3 Å². The van der Waals surface area contributed by atoms with Crippen LogP contribution < -0.4 is 14.8 Å². The molecule has 0 saturated heterocycles. The molecule has 0 aliphatic rings. The maximum atomic E-state index is 12.6. The van der Waals surface area contributed by atoms with Crippen LogP contribution >= 0.6 is 0 Å². The number of hydrogen-bond acceptors (Lipinski definition) is 7. The number of ether oxygens (including phenoxy) is 4. The molecule has 2 atom stereocenters. The van der Waals surface area contributed by atoms with Gasteiger partial charge in [-0.1, -0.05) is 97.1 Å². The standard InChI is InChI=1S/C32H31NO7/c1-37-31(35)29(33-32(36)40-22-25-15-9-4-10-16-25)30(34)26-17-18-27(38-20-23-11-5-2-6-12-23)28(19-26)39-21-24-13-7-3-8-14-24/h2-19,29-30,34H,20-22H2,1H3,(H,33,36)/t29-,30?/m0/s1. The SMILES string of the molecule is COC(=O)[C@@H](NC(=O)OCc1ccccc1)C(O)c1ccc(OCc2ccccc2)c(OCc2ccccc2)c1. The second-order valence-electron chi connectivity index (χ2n) is 8.91. The van der Waals surface area contributed by atoms with E-state index in [-0.39, 0.29) is 13.2 Å². The second kappa shape index (κ2) is 14.4. The van der Waals surface area contributed by atoms with Crippen molar-refractivity contribution < 1.29 is 33.6 Å². The lowest BCUT2D eigenvalue weighted by Gasteiger charge is -2.23. The van der Waals surface area contributed by atoms with Crippen LogP contribution in [0, 0.1) is 0 Å². The molecule has 0 aliphatic heterocycles. The monoisotopic (exact) mass is 541 g/mol. The van der Waals surface area contributed by atoms with Gasteiger partial charge >= 0.3 is 12.1 Å². The Morgan fingerprint density at radius 1 is 0.700 bits per heavy atom. The summed E-state index contributed by atoms with van der Waals surface area (Å²) in [5.74, 6) is -0.00694. The third kappa shape index (κ3) is 8.09. The van der Waals surface area contributed by atoms with Crippen molar-refractivity contribution in [2.45, 2.75) is 32.0 Å². The number of rotatable bonds is 12. The van der Waals surface area contributed by atoms with Crippen LogP contribution in [0.25, 0.3) is 0 Å². The molecule has 0 saturated carbocycles. The third-order valence-electron chi connectivity index (χ3n) is 6.04. The Hall–Kier alpha value is -4.82. The Labute approximate surface area is 233 Å². The lowest BCUT2D eigenvalue weighted by atomic mass is 10.0. The quantitative estimate of drug-likeness (QED) is 0.233. The van der Waals surface area contributed by atoms with Crippen molar-refractivity contribution >= 4 is 12.1 Å². The first-order valence-corrected chi connectivity index (χ1v) is 12.7. The maximum Gasteiger partial charge on any atom is 0.408 e. The first kappa shape index (κ1) is 28.2. The number of carbonyl (C=O) groups is 2. The molecular formula is C32H31NO7. The summed E-state index contributed by atoms with van der Waals surface area (Å²) in [6.45, 7) is 0.568. The number of hydrogen-bond donors (Lipinski definition) is 2. The topological polar surface area (TPSA) is 103 Å². The summed E-state index contributed by atoms with van der Waals surface area (Å²) >= 11 is 0. The predicted molar refractivity (Wildman–Crippen MR) is 149 cm³/mol. The molecule has 0 radical (unpaired) electrons. The highest BCUT2D eigenvalue weighted by Crippen LogP contribution is 2.33. The van der Waals surface area contributed by atoms with E-state index in [1.165, 1.54) is 7.11 Å². The van der Waals surface area contributed by atoms with Crippen LogP contribution in [-0.4, -0.2) is 30.3 Å². The van der Waals surface area contributed by atoms with Crippen LogP contribution in [0.15, 0.2) is 109 Å².